The van der Waals surface area contributed by atoms with E-state index in [4.69, 9.17) is 14.2 Å². The Morgan fingerprint density at radius 2 is 1.74 bits per heavy atom. The summed E-state index contributed by atoms with van der Waals surface area (Å²) in [5.41, 5.74) is 7.97. The van der Waals surface area contributed by atoms with Crippen LogP contribution in [0.15, 0.2) is 48.5 Å². The summed E-state index contributed by atoms with van der Waals surface area (Å²) in [7, 11) is -3.02. The summed E-state index contributed by atoms with van der Waals surface area (Å²) in [4.78, 5) is 12.0. The van der Waals surface area contributed by atoms with E-state index in [1.54, 1.807) is 0 Å². The predicted molar refractivity (Wildman–Crippen MR) is 162 cm³/mol. The van der Waals surface area contributed by atoms with Crippen molar-refractivity contribution in [2.75, 3.05) is 25.2 Å². The van der Waals surface area contributed by atoms with E-state index < -0.39 is 9.84 Å². The van der Waals surface area contributed by atoms with Crippen LogP contribution in [0.4, 0.5) is 0 Å². The molecule has 3 aromatic carbocycles. The first-order valence-corrected chi connectivity index (χ1v) is 16.6. The monoisotopic (exact) mass is 587 g/mol. The van der Waals surface area contributed by atoms with E-state index in [1.165, 1.54) is 6.26 Å². The van der Waals surface area contributed by atoms with Gasteiger partial charge in [-0.15, -0.1) is 0 Å². The highest BCUT2D eigenvalue weighted by molar-refractivity contribution is 7.90. The topological polar surface area (TPSA) is 103 Å². The fourth-order valence-corrected chi connectivity index (χ4v) is 6.75. The van der Waals surface area contributed by atoms with Gasteiger partial charge in [-0.2, -0.15) is 5.26 Å². The molecule has 0 aromatic heterocycles. The molecule has 1 fully saturated rings. The lowest BCUT2D eigenvalue weighted by atomic mass is 9.87. The van der Waals surface area contributed by atoms with Gasteiger partial charge >= 0.3 is 5.97 Å². The summed E-state index contributed by atoms with van der Waals surface area (Å²) >= 11 is 0. The molecule has 0 N–H and O–H groups in total. The SMILES string of the molecule is CCOC(=O)[C@H]1C[C@@H]1c1ccc(O[C@@H]2CCc3c2ccc(C#N)c3-c2c(C)cc(OCCCS(C)(=O)=O)cc2C)cc1. The third-order valence-electron chi connectivity index (χ3n) is 8.12. The molecule has 0 bridgehead atoms. The Labute approximate surface area is 248 Å². The first-order chi connectivity index (χ1) is 20.1. The molecule has 3 atom stereocenters. The van der Waals surface area contributed by atoms with Gasteiger partial charge in [-0.25, -0.2) is 8.42 Å². The second-order valence-corrected chi connectivity index (χ2v) is 13.6. The van der Waals surface area contributed by atoms with Gasteiger partial charge in [0.2, 0.25) is 0 Å². The lowest BCUT2D eigenvalue weighted by molar-refractivity contribution is -0.144. The van der Waals surface area contributed by atoms with E-state index in [0.717, 1.165) is 64.0 Å². The molecule has 7 nitrogen and oxygen atoms in total. The second-order valence-electron chi connectivity index (χ2n) is 11.3. The molecule has 220 valence electrons. The van der Waals surface area contributed by atoms with Crippen molar-refractivity contribution in [3.05, 3.63) is 81.9 Å². The molecule has 2 aliphatic rings. The third kappa shape index (κ3) is 6.47. The van der Waals surface area contributed by atoms with Gasteiger partial charge < -0.3 is 14.2 Å². The number of hydrogen-bond donors (Lipinski definition) is 0. The Bertz CT molecular complexity index is 1610. The van der Waals surface area contributed by atoms with Crippen LogP contribution < -0.4 is 9.47 Å². The van der Waals surface area contributed by atoms with Gasteiger partial charge in [0, 0.05) is 11.8 Å². The first-order valence-electron chi connectivity index (χ1n) is 14.5. The van der Waals surface area contributed by atoms with Gasteiger partial charge in [-0.1, -0.05) is 18.2 Å². The molecule has 42 heavy (non-hydrogen) atoms. The van der Waals surface area contributed by atoms with E-state index in [-0.39, 0.29) is 29.7 Å². The number of carbonyl (C=O) groups excluding carboxylic acids is 1. The standard InChI is InChI=1S/C34H37NO6S/c1-5-39-34(36)30-19-29(30)23-7-10-25(11-8-23)41-31-14-13-28-27(31)12-9-24(20-35)33(28)32-21(2)17-26(18-22(32)3)40-15-6-16-42(4,37)38/h7-12,17-18,29-31H,5-6,13-16,19H2,1-4H3/t29-,30+,31-/m1/s1. The molecule has 0 unspecified atom stereocenters. The van der Waals surface area contributed by atoms with Gasteiger partial charge in [0.15, 0.2) is 0 Å². The van der Waals surface area contributed by atoms with Crippen LogP contribution in [0.1, 0.15) is 71.6 Å². The molecule has 0 amide bonds. The minimum absolute atomic E-state index is 0.0430. The Balaban J connectivity index is 1.34. The lowest BCUT2D eigenvalue weighted by Gasteiger charge is -2.19. The van der Waals surface area contributed by atoms with Gasteiger partial charge in [0.05, 0.1) is 36.5 Å². The van der Waals surface area contributed by atoms with Crippen molar-refractivity contribution >= 4 is 15.8 Å². The highest BCUT2D eigenvalue weighted by atomic mass is 32.2. The van der Waals surface area contributed by atoms with Crippen LogP contribution in [-0.2, 0) is 25.8 Å². The Hall–Kier alpha value is -3.83. The van der Waals surface area contributed by atoms with Crippen molar-refractivity contribution in [3.63, 3.8) is 0 Å². The summed E-state index contributed by atoms with van der Waals surface area (Å²) in [5.74, 6) is 1.62. The number of rotatable bonds is 11. The summed E-state index contributed by atoms with van der Waals surface area (Å²) in [6.45, 7) is 6.59. The van der Waals surface area contributed by atoms with Gasteiger partial charge in [0.25, 0.3) is 0 Å². The Morgan fingerprint density at radius 3 is 2.38 bits per heavy atom. The normalized spacial score (nSPS) is 19.1. The number of esters is 1. The van der Waals surface area contributed by atoms with Crippen LogP contribution in [0.3, 0.4) is 0 Å². The van der Waals surface area contributed by atoms with E-state index in [9.17, 15) is 18.5 Å². The van der Waals surface area contributed by atoms with Gasteiger partial charge in [-0.3, -0.25) is 4.79 Å². The summed E-state index contributed by atoms with van der Waals surface area (Å²) in [6.07, 6.45) is 3.98. The number of benzene rings is 3. The third-order valence-corrected chi connectivity index (χ3v) is 9.15. The van der Waals surface area contributed by atoms with Gasteiger partial charge in [0.1, 0.15) is 27.4 Å². The average Bonchev–Trinajstić information content (AvgIpc) is 3.65. The van der Waals surface area contributed by atoms with Crippen LogP contribution in [-0.4, -0.2) is 39.6 Å². The van der Waals surface area contributed by atoms with Crippen molar-refractivity contribution in [1.29, 1.82) is 5.26 Å². The smallest absolute Gasteiger partial charge is 0.309 e. The van der Waals surface area contributed by atoms with Crippen molar-refractivity contribution in [2.24, 2.45) is 5.92 Å². The zero-order chi connectivity index (χ0) is 30.0. The molecule has 8 heteroatoms. The largest absolute Gasteiger partial charge is 0.494 e. The minimum Gasteiger partial charge on any atom is -0.494 e. The summed E-state index contributed by atoms with van der Waals surface area (Å²) in [6, 6.07) is 18.2. The molecule has 0 saturated heterocycles. The number of hydrogen-bond acceptors (Lipinski definition) is 7. The molecule has 0 aliphatic heterocycles. The number of carbonyl (C=O) groups is 1. The van der Waals surface area contributed by atoms with E-state index in [2.05, 4.69) is 6.07 Å². The predicted octanol–water partition coefficient (Wildman–Crippen LogP) is 6.39. The highest BCUT2D eigenvalue weighted by Gasteiger charge is 2.45. The zero-order valence-corrected chi connectivity index (χ0v) is 25.4. The van der Waals surface area contributed by atoms with E-state index in [0.29, 0.717) is 30.9 Å². The number of fused-ring (bicyclic) bond motifs is 1. The van der Waals surface area contributed by atoms with Gasteiger partial charge in [-0.05, 0) is 116 Å². The first kappa shape index (κ1) is 29.7. The number of sulfone groups is 1. The highest BCUT2D eigenvalue weighted by Crippen LogP contribution is 2.49. The molecular weight excluding hydrogens is 550 g/mol. The molecule has 0 heterocycles. The fraction of sp³-hybridized carbons (Fsp3) is 0.412. The maximum Gasteiger partial charge on any atom is 0.309 e. The molecule has 3 aromatic rings. The molecule has 2 aliphatic carbocycles. The number of ether oxygens (including phenoxy) is 3. The van der Waals surface area contributed by atoms with Crippen LogP contribution in [0.5, 0.6) is 11.5 Å². The van der Waals surface area contributed by atoms with Crippen molar-refractivity contribution in [3.8, 4) is 28.7 Å². The van der Waals surface area contributed by atoms with Crippen molar-refractivity contribution in [2.45, 2.75) is 58.5 Å². The molecule has 0 spiro atoms. The number of nitriles is 1. The van der Waals surface area contributed by atoms with E-state index in [1.807, 2.05) is 69.3 Å². The molecule has 0 radical (unpaired) electrons. The van der Waals surface area contributed by atoms with Crippen LogP contribution in [0, 0.1) is 31.1 Å². The quantitative estimate of drug-likeness (QED) is 0.189. The minimum atomic E-state index is -3.02. The zero-order valence-electron chi connectivity index (χ0n) is 24.6. The molecule has 1 saturated carbocycles. The number of nitrogens with zero attached hydrogens (tertiary/aromatic N) is 1. The van der Waals surface area contributed by atoms with Crippen molar-refractivity contribution in [1.82, 2.24) is 0 Å². The number of aryl methyl sites for hydroxylation is 2. The van der Waals surface area contributed by atoms with E-state index >= 15 is 0 Å². The molecular formula is C34H37NO6S. The van der Waals surface area contributed by atoms with Crippen LogP contribution >= 0.6 is 0 Å². The maximum atomic E-state index is 12.0. The fourth-order valence-electron chi connectivity index (χ4n) is 6.11. The Kier molecular flexibility index (Phi) is 8.60. The maximum absolute atomic E-state index is 12.0. The van der Waals surface area contributed by atoms with Crippen LogP contribution in [0.25, 0.3) is 11.1 Å². The molecule has 5 rings (SSSR count). The Morgan fingerprint density at radius 1 is 1.02 bits per heavy atom. The summed E-state index contributed by atoms with van der Waals surface area (Å²) < 4.78 is 40.3. The lowest BCUT2D eigenvalue weighted by Crippen LogP contribution is -2.08. The second kappa shape index (κ2) is 12.2. The van der Waals surface area contributed by atoms with Crippen molar-refractivity contribution < 1.29 is 27.4 Å². The van der Waals surface area contributed by atoms with Crippen LogP contribution in [0.2, 0.25) is 0 Å². The summed E-state index contributed by atoms with van der Waals surface area (Å²) in [5, 5.41) is 10.0. The average molecular weight is 588 g/mol.